The van der Waals surface area contributed by atoms with Crippen LogP contribution in [-0.4, -0.2) is 30.4 Å². The predicted octanol–water partition coefficient (Wildman–Crippen LogP) is 1.57. The molecule has 0 aliphatic carbocycles. The molecule has 98 valence electrons. The summed E-state index contributed by atoms with van der Waals surface area (Å²) in [6, 6.07) is 3.57. The van der Waals surface area contributed by atoms with Gasteiger partial charge in [-0.3, -0.25) is 0 Å². The smallest absolute Gasteiger partial charge is 0.147 e. The molecule has 2 rings (SSSR count). The fourth-order valence-corrected chi connectivity index (χ4v) is 2.93. The molecule has 0 bridgehead atoms. The highest BCUT2D eigenvalue weighted by Gasteiger charge is 2.14. The van der Waals surface area contributed by atoms with Crippen LogP contribution in [0.1, 0.15) is 18.3 Å². The molecule has 0 amide bonds. The lowest BCUT2D eigenvalue weighted by molar-refractivity contribution is 0.588. The summed E-state index contributed by atoms with van der Waals surface area (Å²) in [6.45, 7) is 0. The average molecular weight is 285 g/mol. The molecule has 2 aromatic rings. The van der Waals surface area contributed by atoms with Gasteiger partial charge in [0.05, 0.1) is 28.6 Å². The number of nitrogens with zero attached hydrogens (tertiary/aromatic N) is 1. The highest BCUT2D eigenvalue weighted by molar-refractivity contribution is 7.90. The summed E-state index contributed by atoms with van der Waals surface area (Å²) >= 11 is 1.61. The van der Waals surface area contributed by atoms with Crippen molar-refractivity contribution in [2.75, 3.05) is 12.0 Å². The molecule has 0 fully saturated rings. The van der Waals surface area contributed by atoms with Crippen LogP contribution in [0, 0.1) is 0 Å². The number of imidazole rings is 1. The van der Waals surface area contributed by atoms with Gasteiger partial charge in [0.2, 0.25) is 0 Å². The van der Waals surface area contributed by atoms with Crippen molar-refractivity contribution in [3.8, 4) is 10.6 Å². The molecule has 0 aromatic carbocycles. The largest absolute Gasteiger partial charge is 0.340 e. The number of thiophene rings is 1. The first kappa shape index (κ1) is 13.3. The SMILES string of the molecule is CS(=O)(=O)CCC(N)c1ncc(-c2cccs2)[nH]1. The minimum absolute atomic E-state index is 0.0726. The zero-order valence-corrected chi connectivity index (χ0v) is 11.6. The first-order valence-electron chi connectivity index (χ1n) is 5.48. The van der Waals surface area contributed by atoms with Crippen LogP contribution in [0.5, 0.6) is 0 Å². The van der Waals surface area contributed by atoms with Crippen LogP contribution in [-0.2, 0) is 9.84 Å². The van der Waals surface area contributed by atoms with Gasteiger partial charge in [-0.2, -0.15) is 0 Å². The fourth-order valence-electron chi connectivity index (χ4n) is 1.56. The number of sulfone groups is 1. The van der Waals surface area contributed by atoms with Crippen LogP contribution in [0.4, 0.5) is 0 Å². The van der Waals surface area contributed by atoms with Crippen LogP contribution in [0.3, 0.4) is 0 Å². The summed E-state index contributed by atoms with van der Waals surface area (Å²) in [7, 11) is -2.98. The highest BCUT2D eigenvalue weighted by atomic mass is 32.2. The van der Waals surface area contributed by atoms with Gasteiger partial charge in [-0.1, -0.05) is 6.07 Å². The van der Waals surface area contributed by atoms with Crippen molar-refractivity contribution in [2.45, 2.75) is 12.5 Å². The highest BCUT2D eigenvalue weighted by Crippen LogP contribution is 2.24. The van der Waals surface area contributed by atoms with Crippen molar-refractivity contribution in [3.63, 3.8) is 0 Å². The van der Waals surface area contributed by atoms with E-state index in [-0.39, 0.29) is 11.8 Å². The van der Waals surface area contributed by atoms with Crippen LogP contribution in [0.25, 0.3) is 10.6 Å². The van der Waals surface area contributed by atoms with E-state index < -0.39 is 9.84 Å². The molecule has 1 atom stereocenters. The number of aromatic nitrogens is 2. The second-order valence-electron chi connectivity index (χ2n) is 4.18. The summed E-state index contributed by atoms with van der Waals surface area (Å²) in [5.74, 6) is 0.700. The standard InChI is InChI=1S/C11H15N3O2S2/c1-18(15,16)6-4-8(12)11-13-7-9(14-11)10-3-2-5-17-10/h2-3,5,7-8H,4,6,12H2,1H3,(H,13,14). The van der Waals surface area contributed by atoms with E-state index in [0.717, 1.165) is 10.6 Å². The Bertz CT molecular complexity index is 602. The summed E-state index contributed by atoms with van der Waals surface area (Å²) in [5, 5.41) is 1.99. The quantitative estimate of drug-likeness (QED) is 0.872. The minimum Gasteiger partial charge on any atom is -0.340 e. The van der Waals surface area contributed by atoms with E-state index in [2.05, 4.69) is 9.97 Å². The van der Waals surface area contributed by atoms with Gasteiger partial charge in [-0.05, 0) is 17.9 Å². The van der Waals surface area contributed by atoms with E-state index in [4.69, 9.17) is 5.73 Å². The van der Waals surface area contributed by atoms with Crippen molar-refractivity contribution in [3.05, 3.63) is 29.5 Å². The lowest BCUT2D eigenvalue weighted by Crippen LogP contribution is -2.16. The number of rotatable bonds is 5. The molecule has 0 spiro atoms. The third-order valence-electron chi connectivity index (χ3n) is 2.53. The second kappa shape index (κ2) is 5.21. The summed E-state index contributed by atoms with van der Waals surface area (Å²) < 4.78 is 22.1. The monoisotopic (exact) mass is 285 g/mol. The Balaban J connectivity index is 2.06. The molecule has 7 heteroatoms. The normalized spacial score (nSPS) is 13.7. The number of H-pyrrole nitrogens is 1. The third kappa shape index (κ3) is 3.41. The van der Waals surface area contributed by atoms with E-state index in [1.807, 2.05) is 17.5 Å². The molecule has 0 saturated heterocycles. The lowest BCUT2D eigenvalue weighted by Gasteiger charge is -2.07. The number of hydrogen-bond acceptors (Lipinski definition) is 5. The van der Waals surface area contributed by atoms with Crippen LogP contribution >= 0.6 is 11.3 Å². The Hall–Kier alpha value is -1.18. The van der Waals surface area contributed by atoms with Gasteiger partial charge in [0.25, 0.3) is 0 Å². The van der Waals surface area contributed by atoms with Gasteiger partial charge in [-0.25, -0.2) is 13.4 Å². The summed E-state index contributed by atoms with van der Waals surface area (Å²) in [5.41, 5.74) is 6.83. The van der Waals surface area contributed by atoms with E-state index >= 15 is 0 Å². The van der Waals surface area contributed by atoms with Gasteiger partial charge in [-0.15, -0.1) is 11.3 Å². The minimum atomic E-state index is -2.98. The van der Waals surface area contributed by atoms with Crippen molar-refractivity contribution in [1.29, 1.82) is 0 Å². The van der Waals surface area contributed by atoms with E-state index in [1.54, 1.807) is 17.5 Å². The molecular formula is C11H15N3O2S2. The number of hydrogen-bond donors (Lipinski definition) is 2. The summed E-state index contributed by atoms with van der Waals surface area (Å²) in [6.07, 6.45) is 3.30. The number of aromatic amines is 1. The molecule has 2 aromatic heterocycles. The molecule has 3 N–H and O–H groups in total. The fraction of sp³-hybridized carbons (Fsp3) is 0.364. The first-order valence-corrected chi connectivity index (χ1v) is 8.42. The average Bonchev–Trinajstić information content (AvgIpc) is 2.94. The third-order valence-corrected chi connectivity index (χ3v) is 4.41. The Kier molecular flexibility index (Phi) is 3.84. The Labute approximate surface area is 110 Å². The maximum atomic E-state index is 11.1. The van der Waals surface area contributed by atoms with E-state index in [1.165, 1.54) is 6.26 Å². The zero-order chi connectivity index (χ0) is 13.2. The Morgan fingerprint density at radius 1 is 1.56 bits per heavy atom. The Morgan fingerprint density at radius 3 is 2.94 bits per heavy atom. The van der Waals surface area contributed by atoms with Gasteiger partial charge >= 0.3 is 0 Å². The number of nitrogens with one attached hydrogen (secondary N) is 1. The Morgan fingerprint density at radius 2 is 2.33 bits per heavy atom. The topological polar surface area (TPSA) is 88.8 Å². The maximum absolute atomic E-state index is 11.1. The molecule has 2 heterocycles. The van der Waals surface area contributed by atoms with Gasteiger partial charge in [0.15, 0.2) is 0 Å². The van der Waals surface area contributed by atoms with E-state index in [9.17, 15) is 8.42 Å². The molecule has 0 aliphatic heterocycles. The van der Waals surface area contributed by atoms with Crippen molar-refractivity contribution in [1.82, 2.24) is 9.97 Å². The molecular weight excluding hydrogens is 270 g/mol. The van der Waals surface area contributed by atoms with Crippen LogP contribution in [0.2, 0.25) is 0 Å². The molecule has 18 heavy (non-hydrogen) atoms. The van der Waals surface area contributed by atoms with Gasteiger partial charge in [0, 0.05) is 6.26 Å². The second-order valence-corrected chi connectivity index (χ2v) is 7.39. The first-order chi connectivity index (χ1) is 8.46. The lowest BCUT2D eigenvalue weighted by atomic mass is 10.2. The molecule has 0 aliphatic rings. The van der Waals surface area contributed by atoms with E-state index in [0.29, 0.717) is 12.2 Å². The predicted molar refractivity (Wildman–Crippen MR) is 73.2 cm³/mol. The van der Waals surface area contributed by atoms with Crippen LogP contribution in [0.15, 0.2) is 23.7 Å². The molecule has 0 radical (unpaired) electrons. The van der Waals surface area contributed by atoms with Crippen molar-refractivity contribution >= 4 is 21.2 Å². The molecule has 5 nitrogen and oxygen atoms in total. The zero-order valence-electron chi connectivity index (χ0n) is 9.96. The maximum Gasteiger partial charge on any atom is 0.147 e. The van der Waals surface area contributed by atoms with Gasteiger partial charge < -0.3 is 10.7 Å². The van der Waals surface area contributed by atoms with Crippen molar-refractivity contribution in [2.24, 2.45) is 5.73 Å². The van der Waals surface area contributed by atoms with Crippen LogP contribution < -0.4 is 5.73 Å². The molecule has 1 unspecified atom stereocenters. The van der Waals surface area contributed by atoms with Crippen molar-refractivity contribution < 1.29 is 8.42 Å². The molecule has 0 saturated carbocycles. The summed E-state index contributed by atoms with van der Waals surface area (Å²) in [4.78, 5) is 8.42. The number of nitrogens with two attached hydrogens (primary N) is 1. The van der Waals surface area contributed by atoms with Gasteiger partial charge in [0.1, 0.15) is 15.7 Å².